The van der Waals surface area contributed by atoms with Gasteiger partial charge in [-0.1, -0.05) is 107 Å². The monoisotopic (exact) mass is 771 g/mol. The minimum Gasteiger partial charge on any atom is -0.674 e. The number of para-hydroxylation sites is 3. The Labute approximate surface area is 295 Å². The molecule has 0 N–H and O–H groups in total. The largest absolute Gasteiger partial charge is 0.674 e. The van der Waals surface area contributed by atoms with Crippen LogP contribution in [-0.4, -0.2) is 9.78 Å². The smallest absolute Gasteiger partial charge is 0.0718 e. The predicted octanol–water partition coefficient (Wildman–Crippen LogP) is 11.7. The Hall–Kier alpha value is -4.02. The van der Waals surface area contributed by atoms with Gasteiger partial charge in [0.1, 0.15) is 0 Å². The van der Waals surface area contributed by atoms with E-state index in [0.29, 0.717) is 11.8 Å². The molecule has 6 aromatic rings. The first-order valence-electron chi connectivity index (χ1n) is 15.6. The summed E-state index contributed by atoms with van der Waals surface area (Å²) in [6, 6.07) is 46.0. The molecule has 0 amide bonds. The van der Waals surface area contributed by atoms with Crippen LogP contribution < -0.4 is 0 Å². The van der Waals surface area contributed by atoms with Crippen LogP contribution in [0.25, 0.3) is 21.9 Å². The third-order valence-electron chi connectivity index (χ3n) is 7.51. The zero-order valence-electron chi connectivity index (χ0n) is 28.0. The molecule has 5 aromatic carbocycles. The van der Waals surface area contributed by atoms with Gasteiger partial charge in [-0.05, 0) is 23.6 Å². The normalized spacial score (nSPS) is 10.8. The molecule has 0 unspecified atom stereocenters. The zero-order valence-corrected chi connectivity index (χ0v) is 31.6. The second-order valence-corrected chi connectivity index (χ2v) is 12.3. The molecule has 1 aromatic heterocycles. The number of hydrogen-bond donors (Lipinski definition) is 0. The van der Waals surface area contributed by atoms with Crippen LogP contribution in [0.15, 0.2) is 127 Å². The molecule has 0 aliphatic carbocycles. The zero-order chi connectivity index (χ0) is 32.4. The summed E-state index contributed by atoms with van der Waals surface area (Å²) in [6.07, 6.45) is 0. The van der Waals surface area contributed by atoms with Gasteiger partial charge in [-0.2, -0.15) is 78.6 Å². The summed E-state index contributed by atoms with van der Waals surface area (Å²) in [6.45, 7) is 20.7. The number of benzene rings is 5. The maximum Gasteiger partial charge on any atom is 0.0718 e. The van der Waals surface area contributed by atoms with E-state index in [1.54, 1.807) is 0 Å². The molecule has 236 valence electrons. The Bertz CT molecular complexity index is 1690. The van der Waals surface area contributed by atoms with E-state index in [-0.39, 0.29) is 25.8 Å². The van der Waals surface area contributed by atoms with Crippen LogP contribution in [0.1, 0.15) is 81.3 Å². The van der Waals surface area contributed by atoms with Crippen molar-refractivity contribution in [2.75, 3.05) is 0 Å². The SMILES string of the molecule is CC(C)c1cccc(C(C)C)c1[N-]C(C)(C)c1nn(-c2[c-]cccc2)c2ccccc12.[CH2-]c1ccccc1.[CH2-]c1ccccc1.[Hf]. The van der Waals surface area contributed by atoms with Crippen LogP contribution in [0.2, 0.25) is 0 Å². The van der Waals surface area contributed by atoms with E-state index in [1.165, 1.54) is 11.1 Å². The van der Waals surface area contributed by atoms with Gasteiger partial charge in [0.25, 0.3) is 0 Å². The maximum atomic E-state index is 5.37. The minimum atomic E-state index is -0.492. The molecule has 0 aliphatic rings. The quantitative estimate of drug-likeness (QED) is 0.123. The van der Waals surface area contributed by atoms with Crippen LogP contribution in [0.4, 0.5) is 5.69 Å². The van der Waals surface area contributed by atoms with Crippen LogP contribution in [-0.2, 0) is 31.4 Å². The van der Waals surface area contributed by atoms with Crippen molar-refractivity contribution >= 4 is 16.6 Å². The second-order valence-electron chi connectivity index (χ2n) is 12.3. The summed E-state index contributed by atoms with van der Waals surface area (Å²) in [7, 11) is 0. The molecule has 0 bridgehead atoms. The Morgan fingerprint density at radius 2 is 1.15 bits per heavy atom. The van der Waals surface area contributed by atoms with Crippen molar-refractivity contribution in [2.24, 2.45) is 0 Å². The van der Waals surface area contributed by atoms with Gasteiger partial charge < -0.3 is 5.32 Å². The first-order valence-corrected chi connectivity index (χ1v) is 15.6. The summed E-state index contributed by atoms with van der Waals surface area (Å²) in [5.41, 5.74) is 8.34. The van der Waals surface area contributed by atoms with Gasteiger partial charge in [-0.25, -0.2) is 0 Å². The van der Waals surface area contributed by atoms with Crippen LogP contribution in [0.3, 0.4) is 0 Å². The topological polar surface area (TPSA) is 31.9 Å². The molecule has 0 saturated heterocycles. The third-order valence-corrected chi connectivity index (χ3v) is 7.51. The molecule has 0 saturated carbocycles. The third kappa shape index (κ3) is 9.50. The first kappa shape index (κ1) is 36.4. The van der Waals surface area contributed by atoms with Gasteiger partial charge >= 0.3 is 0 Å². The molecule has 46 heavy (non-hydrogen) atoms. The van der Waals surface area contributed by atoms with Crippen molar-refractivity contribution in [2.45, 2.75) is 58.9 Å². The summed E-state index contributed by atoms with van der Waals surface area (Å²) < 4.78 is 1.99. The predicted molar refractivity (Wildman–Crippen MR) is 192 cm³/mol. The number of hydrogen-bond acceptors (Lipinski definition) is 1. The van der Waals surface area contributed by atoms with Crippen molar-refractivity contribution in [1.82, 2.24) is 9.78 Å². The molecule has 3 nitrogen and oxygen atoms in total. The van der Waals surface area contributed by atoms with E-state index in [0.717, 1.165) is 39.1 Å². The summed E-state index contributed by atoms with van der Waals surface area (Å²) in [5.74, 6) is 0.808. The average Bonchev–Trinajstić information content (AvgIpc) is 3.44. The first-order chi connectivity index (χ1) is 21.6. The van der Waals surface area contributed by atoms with Crippen molar-refractivity contribution in [3.05, 3.63) is 181 Å². The van der Waals surface area contributed by atoms with Crippen LogP contribution in [0.5, 0.6) is 0 Å². The van der Waals surface area contributed by atoms with E-state index in [9.17, 15) is 0 Å². The molecule has 1 heterocycles. The van der Waals surface area contributed by atoms with E-state index in [2.05, 4.69) is 104 Å². The van der Waals surface area contributed by atoms with Gasteiger partial charge in [0.15, 0.2) is 0 Å². The minimum absolute atomic E-state index is 0. The van der Waals surface area contributed by atoms with E-state index >= 15 is 0 Å². The Kier molecular flexibility index (Phi) is 13.5. The maximum absolute atomic E-state index is 5.37. The molecule has 4 heteroatoms. The summed E-state index contributed by atoms with van der Waals surface area (Å²) in [5, 5.41) is 11.6. The fourth-order valence-electron chi connectivity index (χ4n) is 5.15. The van der Waals surface area contributed by atoms with E-state index in [1.807, 2.05) is 89.6 Å². The molecular weight excluding hydrogens is 725 g/mol. The molecule has 0 aliphatic heterocycles. The Morgan fingerprint density at radius 1 is 0.652 bits per heavy atom. The molecule has 0 fully saturated rings. The number of fused-ring (bicyclic) bond motifs is 1. The molecule has 6 rings (SSSR count). The molecule has 0 spiro atoms. The summed E-state index contributed by atoms with van der Waals surface area (Å²) in [4.78, 5) is 0. The average molecular weight is 770 g/mol. The molecule has 0 atom stereocenters. The molecule has 0 radical (unpaired) electrons. The summed E-state index contributed by atoms with van der Waals surface area (Å²) >= 11 is 0. The van der Waals surface area contributed by atoms with Gasteiger partial charge in [0, 0.05) is 31.2 Å². The fourth-order valence-corrected chi connectivity index (χ4v) is 5.15. The van der Waals surface area contributed by atoms with E-state index in [4.69, 9.17) is 10.4 Å². The number of aromatic nitrogens is 2. The molecular formula is C42H45HfN3-4. The Balaban J connectivity index is 0.000000315. The standard InChI is InChI=1S/C28H31N3.2C7H7.Hf/c1-19(2)22-16-12-17-23(20(3)4)26(22)29-28(5,6)27-24-15-10-11-18-25(24)31(30-27)21-13-8-7-9-14-21;2*1-7-5-3-2-4-6-7;/h7-13,15-20H,1-6H3;2*2-6H,1H2;/q-2;2*-1;. The van der Waals surface area contributed by atoms with Gasteiger partial charge in [0.05, 0.1) is 11.2 Å². The van der Waals surface area contributed by atoms with Crippen LogP contribution in [0, 0.1) is 19.9 Å². The van der Waals surface area contributed by atoms with Crippen molar-refractivity contribution in [3.63, 3.8) is 0 Å². The van der Waals surface area contributed by atoms with Crippen molar-refractivity contribution in [1.29, 1.82) is 0 Å². The fraction of sp³-hybridized carbons (Fsp3) is 0.214. The second kappa shape index (κ2) is 17.1. The van der Waals surface area contributed by atoms with Crippen LogP contribution >= 0.6 is 0 Å². The van der Waals surface area contributed by atoms with Gasteiger partial charge in [-0.15, -0.1) is 36.0 Å². The Morgan fingerprint density at radius 3 is 1.61 bits per heavy atom. The van der Waals surface area contributed by atoms with Crippen molar-refractivity contribution in [3.8, 4) is 5.69 Å². The van der Waals surface area contributed by atoms with Gasteiger partial charge in [0.2, 0.25) is 0 Å². The van der Waals surface area contributed by atoms with Gasteiger partial charge in [-0.3, -0.25) is 4.68 Å². The number of rotatable bonds is 6. The van der Waals surface area contributed by atoms with Crippen molar-refractivity contribution < 1.29 is 25.8 Å². The number of nitrogens with zero attached hydrogens (tertiary/aromatic N) is 3. The van der Waals surface area contributed by atoms with E-state index < -0.39 is 5.54 Å².